The minimum absolute atomic E-state index is 0.0379. The van der Waals surface area contributed by atoms with Gasteiger partial charge >= 0.3 is 12.0 Å². The predicted octanol–water partition coefficient (Wildman–Crippen LogP) is 2.25. The van der Waals surface area contributed by atoms with Crippen LogP contribution in [0.5, 0.6) is 0 Å². The molecule has 0 aromatic carbocycles. The summed E-state index contributed by atoms with van der Waals surface area (Å²) >= 11 is 0. The predicted molar refractivity (Wildman–Crippen MR) is 133 cm³/mol. The number of guanidine groups is 2. The van der Waals surface area contributed by atoms with Gasteiger partial charge in [0.1, 0.15) is 0 Å². The van der Waals surface area contributed by atoms with Crippen molar-refractivity contribution in [3.63, 3.8) is 0 Å². The van der Waals surface area contributed by atoms with Gasteiger partial charge in [0.05, 0.1) is 26.1 Å². The lowest BCUT2D eigenvalue weighted by atomic mass is 10.1. The van der Waals surface area contributed by atoms with E-state index in [9.17, 15) is 9.59 Å². The number of ether oxygens (including phenoxy) is 1. The number of unbranched alkanes of at least 4 members (excludes halogenated alkanes) is 5. The molecule has 0 aromatic rings. The molecule has 33 heavy (non-hydrogen) atoms. The van der Waals surface area contributed by atoms with Gasteiger partial charge in [-0.2, -0.15) is 0 Å². The van der Waals surface area contributed by atoms with Gasteiger partial charge in [0.2, 0.25) is 0 Å². The number of hydrogen-bond acceptors (Lipinski definition) is 6. The van der Waals surface area contributed by atoms with Gasteiger partial charge in [-0.3, -0.25) is 15.1 Å². The number of nitrogens with zero attached hydrogens (tertiary/aromatic N) is 3. The zero-order valence-electron chi connectivity index (χ0n) is 20.2. The van der Waals surface area contributed by atoms with Crippen molar-refractivity contribution in [1.82, 2.24) is 15.5 Å². The highest BCUT2D eigenvalue weighted by Crippen LogP contribution is 2.08. The number of hydrogen-bond donors (Lipinski definition) is 4. The number of urea groups is 1. The number of amides is 2. The smallest absolute Gasteiger partial charge is 0.324 e. The fourth-order valence-electron chi connectivity index (χ4n) is 3.31. The zero-order valence-corrected chi connectivity index (χ0v) is 20.2. The molecule has 6 N–H and O–H groups in total. The monoisotopic (exact) mass is 465 g/mol. The standard InChI is InChI=1S/C23H43N7O3/c1-2-3-14-26-21(24)27-15-9-6-4-5-7-10-17-30-18-11-8-12-19-33-20(31)13-16-28-22(25)29-23(30)32/h2-3H,4-19H2,1H3,(H3,24,26,27)(H3,25,28,29,32). The first-order valence-corrected chi connectivity index (χ1v) is 12.2. The first-order valence-electron chi connectivity index (χ1n) is 12.2. The van der Waals surface area contributed by atoms with Crippen LogP contribution in [0.2, 0.25) is 0 Å². The number of aliphatic imine (C=N–C) groups is 2. The minimum atomic E-state index is -0.286. The highest BCUT2D eigenvalue weighted by atomic mass is 16.5. The fraction of sp³-hybridized carbons (Fsp3) is 0.739. The number of allylic oxidation sites excluding steroid dienone is 1. The lowest BCUT2D eigenvalue weighted by Gasteiger charge is -2.23. The first kappa shape index (κ1) is 28.3. The van der Waals surface area contributed by atoms with E-state index in [4.69, 9.17) is 16.2 Å². The van der Waals surface area contributed by atoms with Crippen LogP contribution in [0.1, 0.15) is 71.1 Å². The van der Waals surface area contributed by atoms with Crippen LogP contribution < -0.4 is 22.1 Å². The molecule has 0 bridgehead atoms. The van der Waals surface area contributed by atoms with Crippen LogP contribution in [0.15, 0.2) is 22.1 Å². The molecule has 0 saturated heterocycles. The molecule has 10 nitrogen and oxygen atoms in total. The summed E-state index contributed by atoms with van der Waals surface area (Å²) in [5.74, 6) is 0.247. The van der Waals surface area contributed by atoms with Gasteiger partial charge in [0.15, 0.2) is 11.9 Å². The fourth-order valence-corrected chi connectivity index (χ4v) is 3.31. The molecule has 1 rings (SSSR count). The van der Waals surface area contributed by atoms with Gasteiger partial charge in [-0.05, 0) is 39.0 Å². The summed E-state index contributed by atoms with van der Waals surface area (Å²) in [7, 11) is 0. The number of esters is 1. The summed E-state index contributed by atoms with van der Waals surface area (Å²) in [5.41, 5.74) is 11.6. The van der Waals surface area contributed by atoms with Gasteiger partial charge in [-0.25, -0.2) is 9.79 Å². The molecule has 10 heteroatoms. The molecule has 0 aromatic heterocycles. The van der Waals surface area contributed by atoms with Crippen molar-refractivity contribution in [1.29, 1.82) is 0 Å². The second kappa shape index (κ2) is 18.8. The Hall–Kier alpha value is -2.78. The normalized spacial score (nSPS) is 17.3. The topological polar surface area (TPSA) is 147 Å². The van der Waals surface area contributed by atoms with Crippen molar-refractivity contribution in [2.75, 3.05) is 39.3 Å². The number of carbonyl (C=O) groups is 2. The third kappa shape index (κ3) is 15.6. The maximum atomic E-state index is 12.6. The second-order valence-corrected chi connectivity index (χ2v) is 8.06. The van der Waals surface area contributed by atoms with Crippen LogP contribution in [0.4, 0.5) is 4.79 Å². The Morgan fingerprint density at radius 3 is 2.73 bits per heavy atom. The van der Waals surface area contributed by atoms with E-state index in [2.05, 4.69) is 20.6 Å². The van der Waals surface area contributed by atoms with Gasteiger partial charge in [0.25, 0.3) is 0 Å². The van der Waals surface area contributed by atoms with Crippen molar-refractivity contribution >= 4 is 23.9 Å². The summed E-state index contributed by atoms with van der Waals surface area (Å²) in [4.78, 5) is 34.2. The van der Waals surface area contributed by atoms with E-state index in [-0.39, 0.29) is 30.9 Å². The summed E-state index contributed by atoms with van der Waals surface area (Å²) in [5, 5.41) is 5.76. The minimum Gasteiger partial charge on any atom is -0.466 e. The van der Waals surface area contributed by atoms with Gasteiger partial charge in [0, 0.05) is 19.6 Å². The maximum Gasteiger partial charge on any atom is 0.324 e. The SMILES string of the molecule is CC=CCN=C(N)NCCCCCCCCN1CCCCCOC(=O)CCN=C(N)NC1=O. The van der Waals surface area contributed by atoms with E-state index >= 15 is 0 Å². The van der Waals surface area contributed by atoms with Crippen molar-refractivity contribution in [3.8, 4) is 0 Å². The van der Waals surface area contributed by atoms with Crippen molar-refractivity contribution in [3.05, 3.63) is 12.2 Å². The van der Waals surface area contributed by atoms with Crippen LogP contribution in [-0.2, 0) is 9.53 Å². The quantitative estimate of drug-likeness (QED) is 0.121. The van der Waals surface area contributed by atoms with Crippen LogP contribution in [0.3, 0.4) is 0 Å². The molecule has 0 spiro atoms. The van der Waals surface area contributed by atoms with E-state index in [1.54, 1.807) is 4.90 Å². The second-order valence-electron chi connectivity index (χ2n) is 8.06. The number of nitrogens with two attached hydrogens (primary N) is 2. The van der Waals surface area contributed by atoms with Gasteiger partial charge in [-0.1, -0.05) is 37.8 Å². The Balaban J connectivity index is 2.25. The highest BCUT2D eigenvalue weighted by molar-refractivity contribution is 5.95. The molecule has 188 valence electrons. The van der Waals surface area contributed by atoms with Crippen LogP contribution in [-0.4, -0.2) is 68.2 Å². The number of carbonyl (C=O) groups excluding carboxylic acids is 2. The molecule has 0 unspecified atom stereocenters. The van der Waals surface area contributed by atoms with Crippen LogP contribution in [0, 0.1) is 0 Å². The van der Waals surface area contributed by atoms with E-state index < -0.39 is 0 Å². The molecule has 2 amide bonds. The largest absolute Gasteiger partial charge is 0.466 e. The third-order valence-corrected chi connectivity index (χ3v) is 5.22. The molecule has 1 aliphatic heterocycles. The van der Waals surface area contributed by atoms with E-state index in [0.717, 1.165) is 64.3 Å². The first-order chi connectivity index (χ1) is 16.0. The molecular weight excluding hydrogens is 422 g/mol. The third-order valence-electron chi connectivity index (χ3n) is 5.22. The van der Waals surface area contributed by atoms with E-state index in [1.165, 1.54) is 0 Å². The molecular formula is C23H43N7O3. The van der Waals surface area contributed by atoms with Crippen molar-refractivity contribution in [2.24, 2.45) is 21.5 Å². The average Bonchev–Trinajstić information content (AvgIpc) is 2.78. The van der Waals surface area contributed by atoms with Crippen molar-refractivity contribution in [2.45, 2.75) is 71.1 Å². The molecule has 1 heterocycles. The van der Waals surface area contributed by atoms with Gasteiger partial charge < -0.3 is 26.4 Å². The van der Waals surface area contributed by atoms with Crippen LogP contribution >= 0.6 is 0 Å². The Labute approximate surface area is 198 Å². The number of cyclic esters (lactones) is 1. The summed E-state index contributed by atoms with van der Waals surface area (Å²) < 4.78 is 5.16. The molecule has 0 fully saturated rings. The zero-order chi connectivity index (χ0) is 24.2. The van der Waals surface area contributed by atoms with Crippen molar-refractivity contribution < 1.29 is 14.3 Å². The summed E-state index contributed by atoms with van der Waals surface area (Å²) in [6.45, 7) is 5.36. The van der Waals surface area contributed by atoms with Crippen LogP contribution in [0.25, 0.3) is 0 Å². The Bertz CT molecular complexity index is 650. The Morgan fingerprint density at radius 2 is 1.94 bits per heavy atom. The molecule has 0 atom stereocenters. The van der Waals surface area contributed by atoms with E-state index in [1.807, 2.05) is 19.1 Å². The number of rotatable bonds is 11. The maximum absolute atomic E-state index is 12.6. The molecule has 0 radical (unpaired) electrons. The Kier molecular flexibility index (Phi) is 16.1. The molecule has 0 saturated carbocycles. The lowest BCUT2D eigenvalue weighted by Crippen LogP contribution is -2.46. The number of nitrogens with one attached hydrogen (secondary N) is 2. The highest BCUT2D eigenvalue weighted by Gasteiger charge is 2.14. The molecule has 0 aliphatic carbocycles. The summed E-state index contributed by atoms with van der Waals surface area (Å²) in [6.07, 6.45) is 13.1. The summed E-state index contributed by atoms with van der Waals surface area (Å²) in [6, 6.07) is -0.226. The lowest BCUT2D eigenvalue weighted by molar-refractivity contribution is -0.143. The van der Waals surface area contributed by atoms with Gasteiger partial charge in [-0.15, -0.1) is 0 Å². The Morgan fingerprint density at radius 1 is 1.18 bits per heavy atom. The molecule has 1 aliphatic rings. The van der Waals surface area contributed by atoms with E-state index in [0.29, 0.717) is 32.2 Å². The average molecular weight is 466 g/mol.